The van der Waals surface area contributed by atoms with Gasteiger partial charge in [0.25, 0.3) is 0 Å². The second-order valence-corrected chi connectivity index (χ2v) is 4.54. The van der Waals surface area contributed by atoms with E-state index in [0.29, 0.717) is 19.6 Å². The molecule has 0 saturated carbocycles. The Morgan fingerprint density at radius 3 is 2.06 bits per heavy atom. The third kappa shape index (κ3) is 5.12. The van der Waals surface area contributed by atoms with Crippen LogP contribution < -0.4 is 16.0 Å². The van der Waals surface area contributed by atoms with Crippen molar-refractivity contribution in [1.29, 1.82) is 0 Å². The minimum atomic E-state index is -0.358. The van der Waals surface area contributed by atoms with E-state index in [1.165, 1.54) is 6.92 Å². The summed E-state index contributed by atoms with van der Waals surface area (Å²) in [6.45, 7) is 8.32. The number of nitrogens with one attached hydrogen (secondary N) is 3. The highest BCUT2D eigenvalue weighted by molar-refractivity contribution is 5.87. The molecule has 1 aliphatic heterocycles. The van der Waals surface area contributed by atoms with Gasteiger partial charge in [-0.2, -0.15) is 0 Å². The van der Waals surface area contributed by atoms with Gasteiger partial charge in [-0.3, -0.25) is 9.59 Å². The zero-order valence-corrected chi connectivity index (χ0v) is 11.3. The van der Waals surface area contributed by atoms with Crippen molar-refractivity contribution < 1.29 is 9.59 Å². The minimum absolute atomic E-state index is 0.0303. The summed E-state index contributed by atoms with van der Waals surface area (Å²) in [5, 5.41) is 9.77. The topological polar surface area (TPSA) is 73.5 Å². The predicted molar refractivity (Wildman–Crippen MR) is 70.5 cm³/mol. The quantitative estimate of drug-likeness (QED) is 0.537. The average Bonchev–Trinajstić information content (AvgIpc) is 2.28. The van der Waals surface area contributed by atoms with Crippen LogP contribution in [0, 0.1) is 0 Å². The van der Waals surface area contributed by atoms with Crippen LogP contribution >= 0.6 is 0 Å². The summed E-state index contributed by atoms with van der Waals surface area (Å²) in [5.41, 5.74) is 0. The lowest BCUT2D eigenvalue weighted by molar-refractivity contribution is -0.137. The Labute approximate surface area is 108 Å². The lowest BCUT2D eigenvalue weighted by atomic mass is 10.1. The summed E-state index contributed by atoms with van der Waals surface area (Å²) >= 11 is 0. The molecule has 6 heteroatoms. The average molecular weight is 256 g/mol. The highest BCUT2D eigenvalue weighted by atomic mass is 16.2. The van der Waals surface area contributed by atoms with E-state index in [9.17, 15) is 9.59 Å². The van der Waals surface area contributed by atoms with Crippen molar-refractivity contribution in [3.05, 3.63) is 0 Å². The Kier molecular flexibility index (Phi) is 6.85. The molecule has 0 radical (unpaired) electrons. The van der Waals surface area contributed by atoms with Crippen molar-refractivity contribution in [2.24, 2.45) is 0 Å². The minimum Gasteiger partial charge on any atom is -0.330 e. The molecule has 1 heterocycles. The van der Waals surface area contributed by atoms with Gasteiger partial charge in [-0.1, -0.05) is 0 Å². The molecule has 18 heavy (non-hydrogen) atoms. The molecule has 104 valence electrons. The molecular formula is C12H24N4O2. The van der Waals surface area contributed by atoms with Gasteiger partial charge < -0.3 is 20.9 Å². The molecule has 3 N–H and O–H groups in total. The lowest BCUT2D eigenvalue weighted by Crippen LogP contribution is -2.52. The second kappa shape index (κ2) is 8.18. The zero-order valence-electron chi connectivity index (χ0n) is 11.3. The van der Waals surface area contributed by atoms with Gasteiger partial charge in [-0.25, -0.2) is 0 Å². The SMILES string of the molecule is CC(=O)C1CNCCNCCNCCN1C(C)=O. The molecule has 6 nitrogen and oxygen atoms in total. The Balaban J connectivity index is 2.64. The fraction of sp³-hybridized carbons (Fsp3) is 0.833. The van der Waals surface area contributed by atoms with Crippen molar-refractivity contribution in [1.82, 2.24) is 20.9 Å². The lowest BCUT2D eigenvalue weighted by Gasteiger charge is -2.30. The molecule has 1 atom stereocenters. The van der Waals surface area contributed by atoms with E-state index in [1.807, 2.05) is 0 Å². The molecule has 0 aromatic carbocycles. The molecule has 0 aromatic heterocycles. The molecule has 1 rings (SSSR count). The van der Waals surface area contributed by atoms with Crippen molar-refractivity contribution in [2.45, 2.75) is 19.9 Å². The first-order valence-electron chi connectivity index (χ1n) is 6.52. The summed E-state index contributed by atoms with van der Waals surface area (Å²) in [5.74, 6) is -0.0169. The largest absolute Gasteiger partial charge is 0.330 e. The van der Waals surface area contributed by atoms with Crippen molar-refractivity contribution in [2.75, 3.05) is 45.8 Å². The van der Waals surface area contributed by atoms with E-state index < -0.39 is 0 Å². The van der Waals surface area contributed by atoms with E-state index in [4.69, 9.17) is 0 Å². The molecular weight excluding hydrogens is 232 g/mol. The van der Waals surface area contributed by atoms with E-state index in [2.05, 4.69) is 16.0 Å². The number of amides is 1. The number of carbonyl (C=O) groups excluding carboxylic acids is 2. The predicted octanol–water partition coefficient (Wildman–Crippen LogP) is -1.43. The van der Waals surface area contributed by atoms with E-state index in [0.717, 1.165) is 26.2 Å². The van der Waals surface area contributed by atoms with Crippen molar-refractivity contribution in [3.63, 3.8) is 0 Å². The summed E-state index contributed by atoms with van der Waals surface area (Å²) in [4.78, 5) is 24.9. The number of ketones is 1. The second-order valence-electron chi connectivity index (χ2n) is 4.54. The molecule has 1 amide bonds. The van der Waals surface area contributed by atoms with Crippen LogP contribution in [0.3, 0.4) is 0 Å². The van der Waals surface area contributed by atoms with Crippen LogP contribution in [0.4, 0.5) is 0 Å². The first-order valence-corrected chi connectivity index (χ1v) is 6.52. The monoisotopic (exact) mass is 256 g/mol. The molecule has 1 saturated heterocycles. The normalized spacial score (nSPS) is 23.9. The highest BCUT2D eigenvalue weighted by Crippen LogP contribution is 2.01. The first kappa shape index (κ1) is 15.1. The smallest absolute Gasteiger partial charge is 0.220 e. The maximum Gasteiger partial charge on any atom is 0.220 e. The van der Waals surface area contributed by atoms with Crippen LogP contribution in [-0.4, -0.2) is 68.4 Å². The fourth-order valence-corrected chi connectivity index (χ4v) is 2.05. The van der Waals surface area contributed by atoms with Gasteiger partial charge in [0.1, 0.15) is 6.04 Å². The van der Waals surface area contributed by atoms with Gasteiger partial charge in [0.2, 0.25) is 5.91 Å². The summed E-state index contributed by atoms with van der Waals surface area (Å²) in [6, 6.07) is -0.358. The first-order chi connectivity index (χ1) is 8.63. The maximum absolute atomic E-state index is 11.7. The van der Waals surface area contributed by atoms with Gasteiger partial charge in [0.05, 0.1) is 0 Å². The summed E-state index contributed by atoms with van der Waals surface area (Å²) in [7, 11) is 0. The molecule has 0 bridgehead atoms. The third-order valence-electron chi connectivity index (χ3n) is 3.07. The van der Waals surface area contributed by atoms with Crippen LogP contribution in [-0.2, 0) is 9.59 Å². The van der Waals surface area contributed by atoms with E-state index >= 15 is 0 Å². The fourth-order valence-electron chi connectivity index (χ4n) is 2.05. The van der Waals surface area contributed by atoms with Crippen molar-refractivity contribution in [3.8, 4) is 0 Å². The van der Waals surface area contributed by atoms with Crippen LogP contribution in [0.2, 0.25) is 0 Å². The van der Waals surface area contributed by atoms with Crippen LogP contribution in [0.1, 0.15) is 13.8 Å². The van der Waals surface area contributed by atoms with E-state index in [1.54, 1.807) is 11.8 Å². The number of hydrogen-bond donors (Lipinski definition) is 3. The molecule has 0 spiro atoms. The Bertz CT molecular complexity index is 255. The summed E-state index contributed by atoms with van der Waals surface area (Å²) < 4.78 is 0. The molecule has 1 unspecified atom stereocenters. The van der Waals surface area contributed by atoms with Gasteiger partial charge in [0.15, 0.2) is 5.78 Å². The molecule has 0 aliphatic carbocycles. The number of nitrogens with zero attached hydrogens (tertiary/aromatic N) is 1. The van der Waals surface area contributed by atoms with Crippen LogP contribution in [0.15, 0.2) is 0 Å². The Morgan fingerprint density at radius 1 is 0.944 bits per heavy atom. The van der Waals surface area contributed by atoms with Gasteiger partial charge >= 0.3 is 0 Å². The highest BCUT2D eigenvalue weighted by Gasteiger charge is 2.24. The zero-order chi connectivity index (χ0) is 13.4. The maximum atomic E-state index is 11.7. The van der Waals surface area contributed by atoms with Crippen molar-refractivity contribution >= 4 is 11.7 Å². The standard InChI is InChI=1S/C12H24N4O2/c1-10(17)12-9-15-6-5-13-3-4-14-7-8-16(12)11(2)18/h12-15H,3-9H2,1-2H3. The molecule has 0 aromatic rings. The number of hydrogen-bond acceptors (Lipinski definition) is 5. The molecule has 1 fully saturated rings. The van der Waals surface area contributed by atoms with E-state index in [-0.39, 0.29) is 17.7 Å². The van der Waals surface area contributed by atoms with Crippen LogP contribution in [0.25, 0.3) is 0 Å². The third-order valence-corrected chi connectivity index (χ3v) is 3.07. The summed E-state index contributed by atoms with van der Waals surface area (Å²) in [6.07, 6.45) is 0. The van der Waals surface area contributed by atoms with Gasteiger partial charge in [-0.05, 0) is 6.92 Å². The Morgan fingerprint density at radius 2 is 1.50 bits per heavy atom. The van der Waals surface area contributed by atoms with Gasteiger partial charge in [0, 0.05) is 52.7 Å². The van der Waals surface area contributed by atoms with Gasteiger partial charge in [-0.15, -0.1) is 0 Å². The molecule has 1 aliphatic rings. The Hall–Kier alpha value is -0.980. The number of Topliss-reactive ketones (excluding diaryl/α,β-unsaturated/α-hetero) is 1. The van der Waals surface area contributed by atoms with Crippen LogP contribution in [0.5, 0.6) is 0 Å². The number of carbonyl (C=O) groups is 2. The number of rotatable bonds is 1.